The van der Waals surface area contributed by atoms with Crippen LogP contribution in [0.1, 0.15) is 0 Å². The van der Waals surface area contributed by atoms with E-state index in [1.807, 2.05) is 0 Å². The van der Waals surface area contributed by atoms with Crippen LogP contribution in [0.5, 0.6) is 5.75 Å². The molecule has 0 aliphatic carbocycles. The molecule has 0 amide bonds. The molecule has 0 saturated carbocycles. The van der Waals surface area contributed by atoms with Crippen LogP contribution in [0.15, 0.2) is 18.2 Å². The van der Waals surface area contributed by atoms with Gasteiger partial charge < -0.3 is 0 Å². The van der Waals surface area contributed by atoms with Crippen molar-refractivity contribution in [1.29, 1.82) is 0 Å². The van der Waals surface area contributed by atoms with Crippen LogP contribution in [0.2, 0.25) is 0 Å². The summed E-state index contributed by atoms with van der Waals surface area (Å²) in [5, 5.41) is 31.1. The van der Waals surface area contributed by atoms with Gasteiger partial charge in [-0.1, -0.05) is 0 Å². The second-order valence-electron chi connectivity index (χ2n) is 2.20. The molecular weight excluding hydrogens is 180 g/mol. The Morgan fingerprint density at radius 2 is 1.31 bits per heavy atom. The SMILES string of the molecule is [O]c1cc([N+](=O)[O-])cc([N+](=O)[O-])c1. The van der Waals surface area contributed by atoms with Crippen molar-refractivity contribution >= 4 is 11.4 Å². The van der Waals surface area contributed by atoms with Gasteiger partial charge in [0.2, 0.25) is 0 Å². The first kappa shape index (κ1) is 8.91. The normalized spacial score (nSPS) is 9.54. The lowest BCUT2D eigenvalue weighted by Crippen LogP contribution is -1.91. The zero-order valence-corrected chi connectivity index (χ0v) is 6.17. The van der Waals surface area contributed by atoms with Crippen molar-refractivity contribution in [3.63, 3.8) is 0 Å². The van der Waals surface area contributed by atoms with Gasteiger partial charge in [-0.3, -0.25) is 25.3 Å². The van der Waals surface area contributed by atoms with Gasteiger partial charge in [0.05, 0.1) is 28.0 Å². The van der Waals surface area contributed by atoms with E-state index in [0.717, 1.165) is 18.2 Å². The quantitative estimate of drug-likeness (QED) is 0.513. The molecule has 7 nitrogen and oxygen atoms in total. The molecule has 0 unspecified atom stereocenters. The highest BCUT2D eigenvalue weighted by molar-refractivity contribution is 5.48. The van der Waals surface area contributed by atoms with E-state index in [0.29, 0.717) is 0 Å². The molecule has 1 radical (unpaired) electrons. The Bertz CT molecular complexity index is 343. The number of nitro groups is 2. The molecule has 0 bridgehead atoms. The van der Waals surface area contributed by atoms with Crippen molar-refractivity contribution in [3.05, 3.63) is 38.4 Å². The molecule has 0 aliphatic rings. The predicted molar refractivity (Wildman–Crippen MR) is 39.9 cm³/mol. The predicted octanol–water partition coefficient (Wildman–Crippen LogP) is 1.65. The van der Waals surface area contributed by atoms with Crippen LogP contribution in [0.25, 0.3) is 0 Å². The Labute approximate surface area is 71.5 Å². The van der Waals surface area contributed by atoms with Crippen LogP contribution in [-0.4, -0.2) is 9.85 Å². The number of benzene rings is 1. The summed E-state index contributed by atoms with van der Waals surface area (Å²) in [4.78, 5) is 18.6. The summed E-state index contributed by atoms with van der Waals surface area (Å²) in [5.74, 6) is -0.749. The summed E-state index contributed by atoms with van der Waals surface area (Å²) >= 11 is 0. The first-order valence-corrected chi connectivity index (χ1v) is 3.11. The first-order valence-electron chi connectivity index (χ1n) is 3.11. The minimum absolute atomic E-state index is 0.570. The lowest BCUT2D eigenvalue weighted by atomic mass is 10.2. The Morgan fingerprint density at radius 1 is 0.923 bits per heavy atom. The monoisotopic (exact) mass is 183 g/mol. The van der Waals surface area contributed by atoms with Gasteiger partial charge in [-0.2, -0.15) is 0 Å². The molecule has 1 aromatic rings. The molecule has 0 aromatic heterocycles. The molecule has 1 aromatic carbocycles. The van der Waals surface area contributed by atoms with Gasteiger partial charge in [0.25, 0.3) is 11.4 Å². The van der Waals surface area contributed by atoms with Crippen LogP contribution in [0, 0.1) is 20.2 Å². The van der Waals surface area contributed by atoms with Crippen LogP contribution < -0.4 is 0 Å². The average Bonchev–Trinajstić information content (AvgIpc) is 2.03. The summed E-state index contributed by atoms with van der Waals surface area (Å²) in [6.45, 7) is 0. The number of rotatable bonds is 2. The second kappa shape index (κ2) is 3.05. The van der Waals surface area contributed by atoms with Gasteiger partial charge >= 0.3 is 0 Å². The Hall–Kier alpha value is -2.18. The zero-order chi connectivity index (χ0) is 10.0. The topological polar surface area (TPSA) is 106 Å². The van der Waals surface area contributed by atoms with Gasteiger partial charge in [-0.25, -0.2) is 0 Å². The summed E-state index contributed by atoms with van der Waals surface area (Å²) in [6, 6.07) is 2.20. The molecule has 0 spiro atoms. The number of non-ortho nitro benzene ring substituents is 2. The smallest absolute Gasteiger partial charge is 0.280 e. The van der Waals surface area contributed by atoms with Crippen molar-refractivity contribution in [2.75, 3.05) is 0 Å². The van der Waals surface area contributed by atoms with E-state index >= 15 is 0 Å². The number of hydrogen-bond acceptors (Lipinski definition) is 4. The molecular formula is C6H3N2O5. The fourth-order valence-corrected chi connectivity index (χ4v) is 0.779. The van der Waals surface area contributed by atoms with Crippen molar-refractivity contribution in [1.82, 2.24) is 0 Å². The van der Waals surface area contributed by atoms with Gasteiger partial charge in [-0.15, -0.1) is 0 Å². The van der Waals surface area contributed by atoms with Gasteiger partial charge in [0.15, 0.2) is 5.75 Å². The maximum absolute atomic E-state index is 10.7. The first-order chi connectivity index (χ1) is 6.00. The molecule has 0 heterocycles. The zero-order valence-electron chi connectivity index (χ0n) is 6.17. The van der Waals surface area contributed by atoms with Crippen molar-refractivity contribution in [3.8, 4) is 5.75 Å². The van der Waals surface area contributed by atoms with E-state index in [4.69, 9.17) is 0 Å². The minimum atomic E-state index is -0.853. The highest BCUT2D eigenvalue weighted by Gasteiger charge is 2.16. The summed E-state index contributed by atoms with van der Waals surface area (Å²) in [7, 11) is 0. The Balaban J connectivity index is 3.26. The van der Waals surface area contributed by atoms with Crippen LogP contribution in [0.3, 0.4) is 0 Å². The molecule has 0 fully saturated rings. The molecule has 0 N–H and O–H groups in total. The van der Waals surface area contributed by atoms with E-state index in [9.17, 15) is 25.3 Å². The lowest BCUT2D eigenvalue weighted by molar-refractivity contribution is -0.394. The summed E-state index contributed by atoms with van der Waals surface area (Å²) in [6.07, 6.45) is 0. The molecule has 1 rings (SSSR count). The van der Waals surface area contributed by atoms with Gasteiger partial charge in [0.1, 0.15) is 0 Å². The molecule has 13 heavy (non-hydrogen) atoms. The third-order valence-electron chi connectivity index (χ3n) is 1.30. The number of nitrogens with zero attached hydrogens (tertiary/aromatic N) is 2. The van der Waals surface area contributed by atoms with Gasteiger partial charge in [-0.05, 0) is 0 Å². The van der Waals surface area contributed by atoms with Crippen LogP contribution in [-0.2, 0) is 5.11 Å². The second-order valence-corrected chi connectivity index (χ2v) is 2.20. The van der Waals surface area contributed by atoms with Crippen molar-refractivity contribution in [2.24, 2.45) is 0 Å². The van der Waals surface area contributed by atoms with Crippen LogP contribution in [0.4, 0.5) is 11.4 Å². The highest BCUT2D eigenvalue weighted by Crippen LogP contribution is 2.26. The average molecular weight is 183 g/mol. The van der Waals surface area contributed by atoms with E-state index in [1.165, 1.54) is 0 Å². The van der Waals surface area contributed by atoms with Crippen LogP contribution >= 0.6 is 0 Å². The maximum Gasteiger partial charge on any atom is 0.280 e. The fraction of sp³-hybridized carbons (Fsp3) is 0. The lowest BCUT2D eigenvalue weighted by Gasteiger charge is -1.92. The van der Waals surface area contributed by atoms with E-state index in [2.05, 4.69) is 0 Å². The Morgan fingerprint density at radius 3 is 1.62 bits per heavy atom. The van der Waals surface area contributed by atoms with Crippen molar-refractivity contribution < 1.29 is 15.0 Å². The molecule has 0 aliphatic heterocycles. The molecule has 7 heteroatoms. The molecule has 0 saturated heterocycles. The van der Waals surface area contributed by atoms with Crippen molar-refractivity contribution in [2.45, 2.75) is 0 Å². The largest absolute Gasteiger partial charge is 0.289 e. The summed E-state index contributed by atoms with van der Waals surface area (Å²) < 4.78 is 0. The minimum Gasteiger partial charge on any atom is -0.289 e. The highest BCUT2D eigenvalue weighted by atomic mass is 16.6. The Kier molecular flexibility index (Phi) is 2.09. The maximum atomic E-state index is 10.7. The standard InChI is InChI=1S/C6H3N2O5/c9-6-2-4(7(10)11)1-5(3-6)8(12)13/h1-3H. The summed E-state index contributed by atoms with van der Waals surface area (Å²) in [5.41, 5.74) is -1.14. The molecule has 67 valence electrons. The van der Waals surface area contributed by atoms with E-state index in [-0.39, 0.29) is 0 Å². The van der Waals surface area contributed by atoms with E-state index < -0.39 is 27.0 Å². The van der Waals surface area contributed by atoms with E-state index in [1.54, 1.807) is 0 Å². The third kappa shape index (κ3) is 1.89. The fourth-order valence-electron chi connectivity index (χ4n) is 0.779. The molecule has 0 atom stereocenters. The van der Waals surface area contributed by atoms with Gasteiger partial charge in [0, 0.05) is 0 Å². The number of hydrogen-bond donors (Lipinski definition) is 0. The number of nitro benzene ring substituents is 2. The third-order valence-corrected chi connectivity index (χ3v) is 1.30.